The van der Waals surface area contributed by atoms with Gasteiger partial charge < -0.3 is 15.4 Å². The van der Waals surface area contributed by atoms with E-state index >= 15 is 0 Å². The number of aliphatic imine (C=N–C) groups is 1. The van der Waals surface area contributed by atoms with E-state index < -0.39 is 0 Å². The quantitative estimate of drug-likeness (QED) is 0.215. The average molecular weight is 555 g/mol. The smallest absolute Gasteiger partial charge is 0.191 e. The summed E-state index contributed by atoms with van der Waals surface area (Å²) >= 11 is 0. The molecule has 0 aliphatic carbocycles. The Morgan fingerprint density at radius 3 is 2.56 bits per heavy atom. The summed E-state index contributed by atoms with van der Waals surface area (Å²) < 4.78 is 7.46. The molecule has 7 nitrogen and oxygen atoms in total. The Labute approximate surface area is 210 Å². The number of rotatable bonds is 9. The van der Waals surface area contributed by atoms with Gasteiger partial charge in [-0.2, -0.15) is 5.10 Å². The normalized spacial score (nSPS) is 15.3. The molecule has 1 aromatic carbocycles. The van der Waals surface area contributed by atoms with Gasteiger partial charge in [0.15, 0.2) is 5.96 Å². The standard InChI is InChI=1S/C24H38N6O.HI/c1-5-25-23(27-19-24(3,4)29-14-16-31-17-15-29)26-13-9-10-21-18-30(28-20(21)2)22-11-7-6-8-12-22;/h6-8,11-12,18H,5,9-10,13-17,19H2,1-4H3,(H2,25,26,27);1H. The highest BCUT2D eigenvalue weighted by molar-refractivity contribution is 14.0. The zero-order valence-electron chi connectivity index (χ0n) is 19.9. The molecule has 0 bridgehead atoms. The number of morpholine rings is 1. The molecule has 0 unspecified atom stereocenters. The van der Waals surface area contributed by atoms with Crippen molar-refractivity contribution in [2.45, 2.75) is 46.1 Å². The molecule has 32 heavy (non-hydrogen) atoms. The van der Waals surface area contributed by atoms with E-state index in [4.69, 9.17) is 9.73 Å². The zero-order valence-corrected chi connectivity index (χ0v) is 22.3. The van der Waals surface area contributed by atoms with Crippen molar-refractivity contribution in [2.24, 2.45) is 4.99 Å². The van der Waals surface area contributed by atoms with Crippen LogP contribution in [0.15, 0.2) is 41.5 Å². The number of aryl methyl sites for hydroxylation is 2. The highest BCUT2D eigenvalue weighted by Gasteiger charge is 2.28. The van der Waals surface area contributed by atoms with Crippen molar-refractivity contribution < 1.29 is 4.74 Å². The van der Waals surface area contributed by atoms with Gasteiger partial charge in [0.1, 0.15) is 0 Å². The molecule has 2 N–H and O–H groups in total. The van der Waals surface area contributed by atoms with Crippen LogP contribution in [0.1, 0.15) is 38.4 Å². The molecule has 0 radical (unpaired) electrons. The predicted octanol–water partition coefficient (Wildman–Crippen LogP) is 3.40. The molecule has 1 saturated heterocycles. The Morgan fingerprint density at radius 2 is 1.88 bits per heavy atom. The summed E-state index contributed by atoms with van der Waals surface area (Å²) in [5.74, 6) is 0.889. The van der Waals surface area contributed by atoms with Crippen LogP contribution < -0.4 is 10.6 Å². The van der Waals surface area contributed by atoms with Crippen molar-refractivity contribution >= 4 is 29.9 Å². The Kier molecular flexibility index (Phi) is 10.9. The van der Waals surface area contributed by atoms with Gasteiger partial charge in [-0.25, -0.2) is 4.68 Å². The molecule has 2 heterocycles. The first-order valence-electron chi connectivity index (χ1n) is 11.4. The van der Waals surface area contributed by atoms with Crippen molar-refractivity contribution in [1.29, 1.82) is 0 Å². The first-order chi connectivity index (χ1) is 15.0. The first-order valence-corrected chi connectivity index (χ1v) is 11.4. The summed E-state index contributed by atoms with van der Waals surface area (Å²) in [7, 11) is 0. The number of hydrogen-bond acceptors (Lipinski definition) is 4. The summed E-state index contributed by atoms with van der Waals surface area (Å²) in [5.41, 5.74) is 3.51. The lowest BCUT2D eigenvalue weighted by Gasteiger charge is -2.39. The van der Waals surface area contributed by atoms with Gasteiger partial charge in [-0.1, -0.05) is 18.2 Å². The summed E-state index contributed by atoms with van der Waals surface area (Å²) in [6, 6.07) is 10.3. The number of benzene rings is 1. The van der Waals surface area contributed by atoms with Gasteiger partial charge in [0.25, 0.3) is 0 Å². The van der Waals surface area contributed by atoms with Crippen molar-refractivity contribution in [3.05, 3.63) is 47.8 Å². The van der Waals surface area contributed by atoms with Crippen LogP contribution in [-0.2, 0) is 11.2 Å². The van der Waals surface area contributed by atoms with E-state index in [-0.39, 0.29) is 29.5 Å². The van der Waals surface area contributed by atoms with Gasteiger partial charge in [-0.15, -0.1) is 24.0 Å². The Bertz CT molecular complexity index is 830. The molecule has 1 aromatic heterocycles. The number of ether oxygens (including phenoxy) is 1. The largest absolute Gasteiger partial charge is 0.379 e. The van der Waals surface area contributed by atoms with E-state index in [1.165, 1.54) is 5.56 Å². The highest BCUT2D eigenvalue weighted by atomic mass is 127. The molecule has 1 aliphatic rings. The zero-order chi connectivity index (χ0) is 22.1. The number of nitrogens with zero attached hydrogens (tertiary/aromatic N) is 4. The van der Waals surface area contributed by atoms with Crippen molar-refractivity contribution in [2.75, 3.05) is 45.9 Å². The maximum atomic E-state index is 5.49. The molecule has 1 aliphatic heterocycles. The molecule has 1 fully saturated rings. The molecular formula is C24H39IN6O. The van der Waals surface area contributed by atoms with Crippen LogP contribution in [-0.4, -0.2) is 72.1 Å². The van der Waals surface area contributed by atoms with Gasteiger partial charge in [-0.05, 0) is 58.2 Å². The molecule has 2 aromatic rings. The minimum atomic E-state index is 0. The van der Waals surface area contributed by atoms with Crippen LogP contribution >= 0.6 is 24.0 Å². The number of hydrogen-bond donors (Lipinski definition) is 2. The van der Waals surface area contributed by atoms with E-state index in [0.29, 0.717) is 0 Å². The van der Waals surface area contributed by atoms with E-state index in [2.05, 4.69) is 66.7 Å². The molecule has 8 heteroatoms. The second kappa shape index (κ2) is 13.2. The fraction of sp³-hybridized carbons (Fsp3) is 0.583. The maximum absolute atomic E-state index is 5.49. The van der Waals surface area contributed by atoms with Crippen molar-refractivity contribution in [1.82, 2.24) is 25.3 Å². The van der Waals surface area contributed by atoms with Crippen LogP contribution in [0.2, 0.25) is 0 Å². The van der Waals surface area contributed by atoms with Gasteiger partial charge >= 0.3 is 0 Å². The van der Waals surface area contributed by atoms with Crippen LogP contribution in [0, 0.1) is 6.92 Å². The van der Waals surface area contributed by atoms with Gasteiger partial charge in [-0.3, -0.25) is 9.89 Å². The van der Waals surface area contributed by atoms with Gasteiger partial charge in [0, 0.05) is 37.9 Å². The van der Waals surface area contributed by atoms with Crippen LogP contribution in [0.3, 0.4) is 0 Å². The fourth-order valence-electron chi connectivity index (χ4n) is 3.82. The maximum Gasteiger partial charge on any atom is 0.191 e. The molecule has 0 amide bonds. The molecule has 0 atom stereocenters. The van der Waals surface area contributed by atoms with E-state index in [1.807, 2.05) is 22.9 Å². The fourth-order valence-corrected chi connectivity index (χ4v) is 3.82. The molecular weight excluding hydrogens is 515 g/mol. The minimum Gasteiger partial charge on any atom is -0.379 e. The van der Waals surface area contributed by atoms with Gasteiger partial charge in [0.05, 0.1) is 31.1 Å². The van der Waals surface area contributed by atoms with Gasteiger partial charge in [0.2, 0.25) is 0 Å². The molecule has 0 spiro atoms. The van der Waals surface area contributed by atoms with Crippen LogP contribution in [0.4, 0.5) is 0 Å². The summed E-state index contributed by atoms with van der Waals surface area (Å²) in [4.78, 5) is 7.33. The molecule has 178 valence electrons. The molecule has 3 rings (SSSR count). The summed E-state index contributed by atoms with van der Waals surface area (Å²) in [6.45, 7) is 14.8. The lowest BCUT2D eigenvalue weighted by Crippen LogP contribution is -2.52. The number of halogens is 1. The predicted molar refractivity (Wildman–Crippen MR) is 142 cm³/mol. The van der Waals surface area contributed by atoms with E-state index in [9.17, 15) is 0 Å². The number of nitrogens with one attached hydrogen (secondary N) is 2. The number of guanidine groups is 1. The Hall–Kier alpha value is -1.65. The van der Waals surface area contributed by atoms with E-state index in [0.717, 1.165) is 76.1 Å². The number of para-hydroxylation sites is 1. The third-order valence-corrected chi connectivity index (χ3v) is 5.77. The third kappa shape index (κ3) is 7.74. The lowest BCUT2D eigenvalue weighted by molar-refractivity contribution is -0.00683. The Morgan fingerprint density at radius 1 is 1.16 bits per heavy atom. The van der Waals surface area contributed by atoms with E-state index in [1.54, 1.807) is 0 Å². The SMILES string of the molecule is CCNC(=NCC(C)(C)N1CCOCC1)NCCCc1cn(-c2ccccc2)nc1C.I. The van der Waals surface area contributed by atoms with Crippen molar-refractivity contribution in [3.63, 3.8) is 0 Å². The summed E-state index contributed by atoms with van der Waals surface area (Å²) in [5, 5.41) is 11.5. The monoisotopic (exact) mass is 554 g/mol. The second-order valence-electron chi connectivity index (χ2n) is 8.66. The topological polar surface area (TPSA) is 66.7 Å². The van der Waals surface area contributed by atoms with Crippen molar-refractivity contribution in [3.8, 4) is 5.69 Å². The van der Waals surface area contributed by atoms with Crippen LogP contribution in [0.5, 0.6) is 0 Å². The average Bonchev–Trinajstić information content (AvgIpc) is 3.16. The second-order valence-corrected chi connectivity index (χ2v) is 8.66. The van der Waals surface area contributed by atoms with Crippen LogP contribution in [0.25, 0.3) is 5.69 Å². The minimum absolute atomic E-state index is 0. The molecule has 0 saturated carbocycles. The number of aromatic nitrogens is 2. The Balaban J connectivity index is 0.00000363. The highest BCUT2D eigenvalue weighted by Crippen LogP contribution is 2.16. The summed E-state index contributed by atoms with van der Waals surface area (Å²) in [6.07, 6.45) is 4.16. The first kappa shape index (κ1) is 26.6. The lowest BCUT2D eigenvalue weighted by atomic mass is 10.0. The third-order valence-electron chi connectivity index (χ3n) is 5.77.